The summed E-state index contributed by atoms with van der Waals surface area (Å²) < 4.78 is 11.1. The van der Waals surface area contributed by atoms with E-state index in [1.165, 1.54) is 5.56 Å². The number of aliphatic hydroxyl groups is 1. The summed E-state index contributed by atoms with van der Waals surface area (Å²) in [6, 6.07) is 8.23. The molecule has 2 rings (SSSR count). The highest BCUT2D eigenvalue weighted by molar-refractivity contribution is 5.37. The van der Waals surface area contributed by atoms with Gasteiger partial charge < -0.3 is 19.5 Å². The van der Waals surface area contributed by atoms with Gasteiger partial charge >= 0.3 is 0 Å². The molecule has 1 heterocycles. The van der Waals surface area contributed by atoms with Gasteiger partial charge in [-0.15, -0.1) is 0 Å². The second kappa shape index (κ2) is 7.44. The van der Waals surface area contributed by atoms with Crippen molar-refractivity contribution in [2.45, 2.75) is 44.8 Å². The number of hydrogen-bond acceptors (Lipinski definition) is 4. The Morgan fingerprint density at radius 1 is 1.32 bits per heavy atom. The molecule has 1 aromatic rings. The first-order valence-electron chi connectivity index (χ1n) is 8.06. The Hall–Kier alpha value is -1.10. The molecule has 0 radical (unpaired) electrons. The van der Waals surface area contributed by atoms with Crippen LogP contribution < -0.4 is 4.74 Å². The van der Waals surface area contributed by atoms with Crippen molar-refractivity contribution in [3.8, 4) is 5.75 Å². The smallest absolute Gasteiger partial charge is 0.122 e. The van der Waals surface area contributed by atoms with Gasteiger partial charge in [-0.05, 0) is 45.4 Å². The molecule has 0 aromatic heterocycles. The zero-order chi connectivity index (χ0) is 16.2. The van der Waals surface area contributed by atoms with Gasteiger partial charge in [0.2, 0.25) is 0 Å². The number of rotatable bonds is 6. The van der Waals surface area contributed by atoms with E-state index >= 15 is 0 Å². The van der Waals surface area contributed by atoms with Gasteiger partial charge in [0.25, 0.3) is 0 Å². The lowest BCUT2D eigenvalue weighted by molar-refractivity contribution is -0.0548. The molecule has 1 aliphatic heterocycles. The van der Waals surface area contributed by atoms with Gasteiger partial charge in [-0.2, -0.15) is 0 Å². The van der Waals surface area contributed by atoms with Gasteiger partial charge in [0, 0.05) is 19.0 Å². The Balaban J connectivity index is 1.85. The van der Waals surface area contributed by atoms with E-state index in [2.05, 4.69) is 17.0 Å². The van der Waals surface area contributed by atoms with Crippen LogP contribution in [0.5, 0.6) is 5.75 Å². The van der Waals surface area contributed by atoms with Gasteiger partial charge in [0.15, 0.2) is 0 Å². The molecule has 124 valence electrons. The van der Waals surface area contributed by atoms with Crippen LogP contribution in [0.25, 0.3) is 0 Å². The Bertz CT molecular complexity index is 470. The van der Waals surface area contributed by atoms with E-state index in [1.807, 2.05) is 32.9 Å². The predicted octanol–water partition coefficient (Wildman–Crippen LogP) is 2.66. The quantitative estimate of drug-likeness (QED) is 0.877. The van der Waals surface area contributed by atoms with E-state index < -0.39 is 6.10 Å². The van der Waals surface area contributed by atoms with Gasteiger partial charge in [0.05, 0.1) is 25.4 Å². The first-order valence-corrected chi connectivity index (χ1v) is 8.06. The van der Waals surface area contributed by atoms with Gasteiger partial charge in [-0.3, -0.25) is 0 Å². The van der Waals surface area contributed by atoms with Crippen LogP contribution in [-0.2, 0) is 4.74 Å². The monoisotopic (exact) mass is 307 g/mol. The first-order chi connectivity index (χ1) is 10.4. The molecule has 0 spiro atoms. The van der Waals surface area contributed by atoms with Crippen LogP contribution in [0.15, 0.2) is 24.3 Å². The summed E-state index contributed by atoms with van der Waals surface area (Å²) in [6.07, 6.45) is 0.670. The summed E-state index contributed by atoms with van der Waals surface area (Å²) >= 11 is 0. The second-order valence-corrected chi connectivity index (χ2v) is 7.06. The third-order valence-electron chi connectivity index (χ3n) is 4.03. The highest BCUT2D eigenvalue weighted by atomic mass is 16.5. The van der Waals surface area contributed by atoms with E-state index in [0.717, 1.165) is 25.3 Å². The number of nitrogens with zero attached hydrogens (tertiary/aromatic N) is 1. The van der Waals surface area contributed by atoms with Crippen molar-refractivity contribution >= 4 is 0 Å². The summed E-state index contributed by atoms with van der Waals surface area (Å²) in [5, 5.41) is 10.1. The maximum absolute atomic E-state index is 10.1. The fourth-order valence-corrected chi connectivity index (χ4v) is 2.95. The maximum atomic E-state index is 10.1. The van der Waals surface area contributed by atoms with Crippen molar-refractivity contribution in [1.82, 2.24) is 4.90 Å². The lowest BCUT2D eigenvalue weighted by Gasteiger charge is -2.25. The molecule has 2 atom stereocenters. The standard InChI is InChI=1S/C18H29NO3/c1-18(2,3)22-13-15(20)12-19-10-9-14(11-19)16-7-5-6-8-17(16)21-4/h5-8,14-15,20H,9-13H2,1-4H3. The van der Waals surface area contributed by atoms with Crippen LogP contribution in [0.4, 0.5) is 0 Å². The number of methoxy groups -OCH3 is 1. The van der Waals surface area contributed by atoms with Crippen molar-refractivity contribution < 1.29 is 14.6 Å². The van der Waals surface area contributed by atoms with Crippen LogP contribution in [0.2, 0.25) is 0 Å². The number of para-hydroxylation sites is 1. The number of β-amino-alcohol motifs (C(OH)–C–C–N with tert-alkyl or cyclic N) is 1. The van der Waals surface area contributed by atoms with Crippen molar-refractivity contribution in [2.75, 3.05) is 33.4 Å². The van der Waals surface area contributed by atoms with E-state index in [-0.39, 0.29) is 5.60 Å². The number of likely N-dealkylation sites (tertiary alicyclic amines) is 1. The molecule has 2 unspecified atom stereocenters. The summed E-state index contributed by atoms with van der Waals surface area (Å²) in [5.41, 5.74) is 1.07. The second-order valence-electron chi connectivity index (χ2n) is 7.06. The lowest BCUT2D eigenvalue weighted by Crippen LogP contribution is -2.35. The molecule has 22 heavy (non-hydrogen) atoms. The molecule has 0 aliphatic carbocycles. The van der Waals surface area contributed by atoms with E-state index in [1.54, 1.807) is 7.11 Å². The molecular formula is C18H29NO3. The summed E-state index contributed by atoms with van der Waals surface area (Å²) in [7, 11) is 1.72. The van der Waals surface area contributed by atoms with Crippen LogP contribution in [0.1, 0.15) is 38.7 Å². The van der Waals surface area contributed by atoms with Crippen LogP contribution >= 0.6 is 0 Å². The van der Waals surface area contributed by atoms with E-state index in [4.69, 9.17) is 9.47 Å². The maximum Gasteiger partial charge on any atom is 0.122 e. The number of ether oxygens (including phenoxy) is 2. The van der Waals surface area contributed by atoms with E-state index in [9.17, 15) is 5.11 Å². The highest BCUT2D eigenvalue weighted by Crippen LogP contribution is 2.33. The average Bonchev–Trinajstić information content (AvgIpc) is 2.92. The number of aliphatic hydroxyl groups excluding tert-OH is 1. The molecule has 0 bridgehead atoms. The number of benzene rings is 1. The lowest BCUT2D eigenvalue weighted by atomic mass is 9.97. The summed E-state index contributed by atoms with van der Waals surface area (Å²) in [6.45, 7) is 9.05. The van der Waals surface area contributed by atoms with Crippen molar-refractivity contribution in [3.63, 3.8) is 0 Å². The summed E-state index contributed by atoms with van der Waals surface area (Å²) in [5.74, 6) is 1.44. The summed E-state index contributed by atoms with van der Waals surface area (Å²) in [4.78, 5) is 2.31. The Morgan fingerprint density at radius 3 is 2.73 bits per heavy atom. The molecule has 0 saturated carbocycles. The predicted molar refractivity (Wildman–Crippen MR) is 88.5 cm³/mol. The molecule has 4 nitrogen and oxygen atoms in total. The molecular weight excluding hydrogens is 278 g/mol. The van der Waals surface area contributed by atoms with Crippen LogP contribution in [0.3, 0.4) is 0 Å². The van der Waals surface area contributed by atoms with Crippen molar-refractivity contribution in [2.24, 2.45) is 0 Å². The van der Waals surface area contributed by atoms with E-state index in [0.29, 0.717) is 19.1 Å². The minimum Gasteiger partial charge on any atom is -0.496 e. The molecule has 0 amide bonds. The first kappa shape index (κ1) is 17.3. The Kier molecular flexibility index (Phi) is 5.84. The Labute approximate surface area is 134 Å². The minimum atomic E-state index is -0.435. The molecule has 1 N–H and O–H groups in total. The number of hydrogen-bond donors (Lipinski definition) is 1. The third kappa shape index (κ3) is 4.97. The van der Waals surface area contributed by atoms with Gasteiger partial charge in [-0.1, -0.05) is 18.2 Å². The minimum absolute atomic E-state index is 0.202. The van der Waals surface area contributed by atoms with Crippen LogP contribution in [-0.4, -0.2) is 55.1 Å². The van der Waals surface area contributed by atoms with Gasteiger partial charge in [0.1, 0.15) is 5.75 Å². The fourth-order valence-electron chi connectivity index (χ4n) is 2.95. The Morgan fingerprint density at radius 2 is 2.05 bits per heavy atom. The molecule has 1 saturated heterocycles. The van der Waals surface area contributed by atoms with Crippen molar-refractivity contribution in [1.29, 1.82) is 0 Å². The molecule has 1 aliphatic rings. The van der Waals surface area contributed by atoms with Crippen molar-refractivity contribution in [3.05, 3.63) is 29.8 Å². The zero-order valence-electron chi connectivity index (χ0n) is 14.2. The molecule has 4 heteroatoms. The third-order valence-corrected chi connectivity index (χ3v) is 4.03. The fraction of sp³-hybridized carbons (Fsp3) is 0.667. The SMILES string of the molecule is COc1ccccc1C1CCN(CC(O)COC(C)(C)C)C1. The average molecular weight is 307 g/mol. The highest BCUT2D eigenvalue weighted by Gasteiger charge is 2.27. The molecule has 1 fully saturated rings. The molecule has 1 aromatic carbocycles. The van der Waals surface area contributed by atoms with Crippen LogP contribution in [0, 0.1) is 0 Å². The topological polar surface area (TPSA) is 41.9 Å². The zero-order valence-corrected chi connectivity index (χ0v) is 14.2. The van der Waals surface area contributed by atoms with Gasteiger partial charge in [-0.25, -0.2) is 0 Å². The normalized spacial score (nSPS) is 21.0. The largest absolute Gasteiger partial charge is 0.496 e.